The molecular formula is C9H10N3O3+. The normalized spacial score (nSPS) is 17.1. The number of non-ortho nitro benzene ring substituents is 1. The fourth-order valence-electron chi connectivity index (χ4n) is 1.68. The first-order valence-corrected chi connectivity index (χ1v) is 4.37. The van der Waals surface area contributed by atoms with Gasteiger partial charge in [0.05, 0.1) is 19.0 Å². The predicted molar refractivity (Wildman–Crippen MR) is 54.2 cm³/mol. The summed E-state index contributed by atoms with van der Waals surface area (Å²) in [4.78, 5) is 21.5. The number of nitrogens with zero attached hydrogens (tertiary/aromatic N) is 2. The van der Waals surface area contributed by atoms with Gasteiger partial charge in [-0.15, -0.1) is 0 Å². The zero-order valence-corrected chi connectivity index (χ0v) is 8.35. The minimum absolute atomic E-state index is 0.0641. The molecule has 1 aliphatic heterocycles. The van der Waals surface area contributed by atoms with E-state index >= 15 is 0 Å². The van der Waals surface area contributed by atoms with E-state index in [1.807, 2.05) is 0 Å². The van der Waals surface area contributed by atoms with Gasteiger partial charge in [-0.2, -0.15) is 10.0 Å². The highest BCUT2D eigenvalue weighted by Gasteiger charge is 2.37. The molecule has 1 N–H and O–H groups in total. The first-order valence-electron chi connectivity index (χ1n) is 4.37. The van der Waals surface area contributed by atoms with Crippen molar-refractivity contribution in [1.82, 2.24) is 10.0 Å². The maximum Gasteiger partial charge on any atom is 0.302 e. The molecule has 1 aromatic rings. The van der Waals surface area contributed by atoms with Crippen molar-refractivity contribution in [3.63, 3.8) is 0 Å². The molecule has 6 heteroatoms. The van der Waals surface area contributed by atoms with Gasteiger partial charge in [-0.25, -0.2) is 0 Å². The lowest BCUT2D eigenvalue weighted by atomic mass is 10.1. The third-order valence-electron chi connectivity index (χ3n) is 2.42. The second kappa shape index (κ2) is 2.77. The number of hydrogen-bond donors (Lipinski definition) is 1. The van der Waals surface area contributed by atoms with Gasteiger partial charge in [0, 0.05) is 18.2 Å². The van der Waals surface area contributed by atoms with Crippen LogP contribution in [0, 0.1) is 10.1 Å². The molecule has 2 rings (SSSR count). The number of benzene rings is 1. The Kier molecular flexibility index (Phi) is 1.77. The van der Waals surface area contributed by atoms with Crippen LogP contribution in [0.3, 0.4) is 0 Å². The van der Waals surface area contributed by atoms with Crippen molar-refractivity contribution in [2.24, 2.45) is 0 Å². The van der Waals surface area contributed by atoms with E-state index in [2.05, 4.69) is 5.43 Å². The van der Waals surface area contributed by atoms with Crippen LogP contribution in [0.5, 0.6) is 0 Å². The standard InChI is InChI=1S/C9H9N3O3/c1-12(2)8-4-3-6(11(14)15)5-7(8)9(13)10-12/h3-5H,1-2H3/p+1. The van der Waals surface area contributed by atoms with Crippen molar-refractivity contribution in [1.29, 1.82) is 0 Å². The number of hydrogen-bond acceptors (Lipinski definition) is 3. The van der Waals surface area contributed by atoms with E-state index in [4.69, 9.17) is 0 Å². The van der Waals surface area contributed by atoms with Crippen molar-refractivity contribution in [2.75, 3.05) is 14.1 Å². The molecular weight excluding hydrogens is 198 g/mol. The molecule has 1 heterocycles. The summed E-state index contributed by atoms with van der Waals surface area (Å²) in [6.45, 7) is 0. The first kappa shape index (κ1) is 9.60. The van der Waals surface area contributed by atoms with Gasteiger partial charge in [0.15, 0.2) is 5.69 Å². The summed E-state index contributed by atoms with van der Waals surface area (Å²) < 4.78 is 0.214. The molecule has 0 radical (unpaired) electrons. The molecule has 0 aliphatic carbocycles. The number of fused-ring (bicyclic) bond motifs is 1. The van der Waals surface area contributed by atoms with Crippen LogP contribution in [0.1, 0.15) is 10.4 Å². The van der Waals surface area contributed by atoms with Crippen molar-refractivity contribution < 1.29 is 9.72 Å². The van der Waals surface area contributed by atoms with Crippen molar-refractivity contribution >= 4 is 17.3 Å². The summed E-state index contributed by atoms with van der Waals surface area (Å²) in [7, 11) is 3.60. The van der Waals surface area contributed by atoms with Gasteiger partial charge >= 0.3 is 5.91 Å². The Labute approximate surface area is 85.8 Å². The Balaban J connectivity index is 2.60. The van der Waals surface area contributed by atoms with E-state index in [1.54, 1.807) is 20.2 Å². The second-order valence-corrected chi connectivity index (χ2v) is 3.85. The van der Waals surface area contributed by atoms with Gasteiger partial charge in [0.25, 0.3) is 5.69 Å². The lowest BCUT2D eigenvalue weighted by Gasteiger charge is -2.21. The molecule has 1 aliphatic rings. The number of amides is 1. The first-order chi connectivity index (χ1) is 6.92. The SMILES string of the molecule is C[N+]1(C)NC(=O)c2cc([N+](=O)[O-])ccc21. The highest BCUT2D eigenvalue weighted by molar-refractivity contribution is 6.03. The topological polar surface area (TPSA) is 72.2 Å². The number of nitro groups is 1. The molecule has 1 aromatic carbocycles. The molecule has 0 saturated carbocycles. The average Bonchev–Trinajstić information content (AvgIpc) is 2.37. The number of quaternary nitrogens is 1. The second-order valence-electron chi connectivity index (χ2n) is 3.85. The maximum absolute atomic E-state index is 11.5. The Morgan fingerprint density at radius 2 is 2.07 bits per heavy atom. The molecule has 6 nitrogen and oxygen atoms in total. The summed E-state index contributed by atoms with van der Waals surface area (Å²) in [6.07, 6.45) is 0. The van der Waals surface area contributed by atoms with E-state index in [-0.39, 0.29) is 16.2 Å². The minimum atomic E-state index is -0.508. The summed E-state index contributed by atoms with van der Waals surface area (Å²) in [5.74, 6) is -0.279. The smallest absolute Gasteiger partial charge is 0.264 e. The zero-order chi connectivity index (χ0) is 11.2. The molecule has 0 saturated heterocycles. The van der Waals surface area contributed by atoms with Crippen molar-refractivity contribution in [3.8, 4) is 0 Å². The number of nitrogens with one attached hydrogen (secondary N) is 1. The van der Waals surface area contributed by atoms with E-state index in [1.165, 1.54) is 12.1 Å². The van der Waals surface area contributed by atoms with E-state index in [0.717, 1.165) is 5.69 Å². The molecule has 1 amide bonds. The summed E-state index contributed by atoms with van der Waals surface area (Å²) in [5, 5.41) is 10.5. The van der Waals surface area contributed by atoms with Crippen molar-refractivity contribution in [2.45, 2.75) is 0 Å². The van der Waals surface area contributed by atoms with Crippen LogP contribution in [0.4, 0.5) is 11.4 Å². The minimum Gasteiger partial charge on any atom is -0.264 e. The van der Waals surface area contributed by atoms with Crippen LogP contribution >= 0.6 is 0 Å². The fraction of sp³-hybridized carbons (Fsp3) is 0.222. The van der Waals surface area contributed by atoms with Gasteiger partial charge in [-0.05, 0) is 0 Å². The van der Waals surface area contributed by atoms with Gasteiger partial charge in [0.1, 0.15) is 5.56 Å². The quantitative estimate of drug-likeness (QED) is 0.422. The van der Waals surface area contributed by atoms with Crippen LogP contribution < -0.4 is 10.0 Å². The van der Waals surface area contributed by atoms with E-state index < -0.39 is 4.92 Å². The molecule has 0 spiro atoms. The van der Waals surface area contributed by atoms with E-state index in [0.29, 0.717) is 5.56 Å². The number of rotatable bonds is 1. The van der Waals surface area contributed by atoms with Gasteiger partial charge in [0.2, 0.25) is 0 Å². The number of nitro benzene ring substituents is 1. The van der Waals surface area contributed by atoms with Crippen LogP contribution in [-0.2, 0) is 0 Å². The molecule has 15 heavy (non-hydrogen) atoms. The summed E-state index contributed by atoms with van der Waals surface area (Å²) in [5.41, 5.74) is 3.75. The maximum atomic E-state index is 11.5. The molecule has 0 atom stereocenters. The largest absolute Gasteiger partial charge is 0.302 e. The lowest BCUT2D eigenvalue weighted by Crippen LogP contribution is -2.50. The van der Waals surface area contributed by atoms with Crippen LogP contribution in [0.25, 0.3) is 0 Å². The molecule has 0 aromatic heterocycles. The Morgan fingerprint density at radius 1 is 1.40 bits per heavy atom. The Morgan fingerprint density at radius 3 is 2.67 bits per heavy atom. The van der Waals surface area contributed by atoms with Gasteiger partial charge in [-0.3, -0.25) is 14.9 Å². The number of carbonyl (C=O) groups is 1. The Bertz CT molecular complexity index is 468. The third-order valence-corrected chi connectivity index (χ3v) is 2.42. The fourth-order valence-corrected chi connectivity index (χ4v) is 1.68. The van der Waals surface area contributed by atoms with Crippen LogP contribution in [0.15, 0.2) is 18.2 Å². The highest BCUT2D eigenvalue weighted by Crippen LogP contribution is 2.31. The predicted octanol–water partition coefficient (Wildman–Crippen LogP) is 0.820. The average molecular weight is 208 g/mol. The lowest BCUT2D eigenvalue weighted by molar-refractivity contribution is -0.384. The molecule has 0 fully saturated rings. The molecule has 0 unspecified atom stereocenters. The molecule has 0 bridgehead atoms. The third kappa shape index (κ3) is 1.35. The number of carbonyl (C=O) groups excluding carboxylic acids is 1. The summed E-state index contributed by atoms with van der Waals surface area (Å²) in [6, 6.07) is 4.31. The highest BCUT2D eigenvalue weighted by atomic mass is 16.6. The Hall–Kier alpha value is -1.95. The van der Waals surface area contributed by atoms with E-state index in [9.17, 15) is 14.9 Å². The molecule has 78 valence electrons. The van der Waals surface area contributed by atoms with Gasteiger partial charge < -0.3 is 0 Å². The monoisotopic (exact) mass is 208 g/mol. The zero-order valence-electron chi connectivity index (χ0n) is 8.35. The van der Waals surface area contributed by atoms with Crippen LogP contribution in [0.2, 0.25) is 0 Å². The summed E-state index contributed by atoms with van der Waals surface area (Å²) >= 11 is 0. The van der Waals surface area contributed by atoms with Crippen LogP contribution in [-0.4, -0.2) is 24.9 Å². The van der Waals surface area contributed by atoms with Gasteiger partial charge in [-0.1, -0.05) is 0 Å². The van der Waals surface area contributed by atoms with Crippen molar-refractivity contribution in [3.05, 3.63) is 33.9 Å².